The van der Waals surface area contributed by atoms with Gasteiger partial charge in [0.25, 0.3) is 0 Å². The van der Waals surface area contributed by atoms with Gasteiger partial charge < -0.3 is 0 Å². The quantitative estimate of drug-likeness (QED) is 0.602. The van der Waals surface area contributed by atoms with Gasteiger partial charge in [0.05, 0.1) is 11.9 Å². The van der Waals surface area contributed by atoms with Crippen LogP contribution in [0, 0.1) is 0 Å². The summed E-state index contributed by atoms with van der Waals surface area (Å²) in [5.41, 5.74) is 5.30. The molecule has 0 amide bonds. The van der Waals surface area contributed by atoms with Crippen molar-refractivity contribution in [3.8, 4) is 0 Å². The monoisotopic (exact) mass is 394 g/mol. The summed E-state index contributed by atoms with van der Waals surface area (Å²) in [6.45, 7) is 0.262. The summed E-state index contributed by atoms with van der Waals surface area (Å²) in [7, 11) is 0. The molecule has 0 fully saturated rings. The molecule has 0 atom stereocenters. The van der Waals surface area contributed by atoms with E-state index in [4.69, 9.17) is 39.6 Å². The molecule has 3 aromatic rings. The van der Waals surface area contributed by atoms with Crippen LogP contribution < -0.4 is 5.48 Å². The van der Waals surface area contributed by atoms with Crippen molar-refractivity contribution in [1.82, 2.24) is 20.2 Å². The number of hydrogen-bond donors (Lipinski definition) is 1. The van der Waals surface area contributed by atoms with E-state index in [0.717, 1.165) is 11.1 Å². The first-order valence-corrected chi connectivity index (χ1v) is 8.39. The van der Waals surface area contributed by atoms with E-state index in [1.54, 1.807) is 41.5 Å². The van der Waals surface area contributed by atoms with Gasteiger partial charge in [0.15, 0.2) is 0 Å². The van der Waals surface area contributed by atoms with Gasteiger partial charge in [-0.25, -0.2) is 9.67 Å². The van der Waals surface area contributed by atoms with Crippen LogP contribution in [0.3, 0.4) is 0 Å². The lowest BCUT2D eigenvalue weighted by Gasteiger charge is -2.12. The number of hydrogen-bond acceptors (Lipinski definition) is 4. The molecular weight excluding hydrogens is 383 g/mol. The summed E-state index contributed by atoms with van der Waals surface area (Å²) in [6, 6.07) is 12.6. The van der Waals surface area contributed by atoms with Crippen molar-refractivity contribution in [2.45, 2.75) is 6.61 Å². The minimum Gasteiger partial charge on any atom is -0.271 e. The Morgan fingerprint density at radius 1 is 1.08 bits per heavy atom. The van der Waals surface area contributed by atoms with Gasteiger partial charge in [-0.15, -0.1) is 0 Å². The van der Waals surface area contributed by atoms with Crippen LogP contribution in [0.2, 0.25) is 15.1 Å². The zero-order chi connectivity index (χ0) is 17.6. The fourth-order valence-corrected chi connectivity index (χ4v) is 2.62. The Labute approximate surface area is 159 Å². The number of nitrogens with one attached hydrogen (secondary N) is 1. The normalized spacial score (nSPS) is 11.6. The van der Waals surface area contributed by atoms with Gasteiger partial charge in [-0.05, 0) is 29.8 Å². The van der Waals surface area contributed by atoms with Crippen LogP contribution >= 0.6 is 34.8 Å². The van der Waals surface area contributed by atoms with Crippen LogP contribution in [-0.4, -0.2) is 14.8 Å². The number of halogens is 3. The molecule has 0 bridgehead atoms. The third-order valence-corrected chi connectivity index (χ3v) is 4.12. The Hall–Kier alpha value is -2.05. The Morgan fingerprint density at radius 3 is 2.52 bits per heavy atom. The van der Waals surface area contributed by atoms with Crippen LogP contribution in [0.4, 0.5) is 0 Å². The average Bonchev–Trinajstić information content (AvgIpc) is 3.10. The van der Waals surface area contributed by atoms with E-state index in [0.29, 0.717) is 20.8 Å². The highest BCUT2D eigenvalue weighted by molar-refractivity contribution is 6.35. The van der Waals surface area contributed by atoms with Crippen molar-refractivity contribution in [2.24, 2.45) is 0 Å². The maximum Gasteiger partial charge on any atom is 0.138 e. The molecule has 0 aliphatic carbocycles. The zero-order valence-corrected chi connectivity index (χ0v) is 15.1. The third kappa shape index (κ3) is 4.96. The summed E-state index contributed by atoms with van der Waals surface area (Å²) >= 11 is 18.0. The lowest BCUT2D eigenvalue weighted by Crippen LogP contribution is -2.14. The molecule has 2 aromatic carbocycles. The summed E-state index contributed by atoms with van der Waals surface area (Å²) in [5.74, 6) is 0. The molecule has 0 radical (unpaired) electrons. The first-order valence-electron chi connectivity index (χ1n) is 7.25. The van der Waals surface area contributed by atoms with Crippen LogP contribution in [0.25, 0.3) is 11.9 Å². The predicted octanol–water partition coefficient (Wildman–Crippen LogP) is 4.92. The number of benzene rings is 2. The van der Waals surface area contributed by atoms with Crippen molar-refractivity contribution in [3.63, 3.8) is 0 Å². The number of rotatable bonds is 6. The maximum atomic E-state index is 6.15. The first-order chi connectivity index (χ1) is 12.1. The second-order valence-corrected chi connectivity index (χ2v) is 6.33. The van der Waals surface area contributed by atoms with E-state index in [1.807, 2.05) is 18.2 Å². The molecule has 1 heterocycles. The van der Waals surface area contributed by atoms with Gasteiger partial charge in [0.2, 0.25) is 0 Å². The number of aromatic nitrogens is 3. The molecule has 0 aliphatic heterocycles. The van der Waals surface area contributed by atoms with Gasteiger partial charge >= 0.3 is 0 Å². The lowest BCUT2D eigenvalue weighted by molar-refractivity contribution is 0.0649. The summed E-state index contributed by atoms with van der Waals surface area (Å²) < 4.78 is 1.57. The molecule has 8 heteroatoms. The summed E-state index contributed by atoms with van der Waals surface area (Å²) in [6.07, 6.45) is 4.78. The SMILES string of the molecule is Clc1ccc(C(=Cn2cncn2)NOCc2ccc(Cl)cc2Cl)cc1. The van der Waals surface area contributed by atoms with Crippen molar-refractivity contribution in [2.75, 3.05) is 0 Å². The highest BCUT2D eigenvalue weighted by atomic mass is 35.5. The Balaban J connectivity index is 1.75. The van der Waals surface area contributed by atoms with Crippen molar-refractivity contribution >= 4 is 46.7 Å². The van der Waals surface area contributed by atoms with Crippen molar-refractivity contribution in [1.29, 1.82) is 0 Å². The molecule has 0 aliphatic rings. The van der Waals surface area contributed by atoms with E-state index in [-0.39, 0.29) is 6.61 Å². The first kappa shape index (κ1) is 17.8. The minimum atomic E-state index is 0.262. The molecule has 1 aromatic heterocycles. The molecule has 0 spiro atoms. The van der Waals surface area contributed by atoms with Gasteiger partial charge in [0.1, 0.15) is 19.3 Å². The molecule has 0 unspecified atom stereocenters. The number of hydroxylamine groups is 1. The molecule has 0 saturated carbocycles. The number of nitrogens with zero attached hydrogens (tertiary/aromatic N) is 3. The molecule has 1 N–H and O–H groups in total. The molecular formula is C17H13Cl3N4O. The maximum absolute atomic E-state index is 6.15. The van der Waals surface area contributed by atoms with E-state index >= 15 is 0 Å². The minimum absolute atomic E-state index is 0.262. The molecule has 25 heavy (non-hydrogen) atoms. The smallest absolute Gasteiger partial charge is 0.138 e. The van der Waals surface area contributed by atoms with Gasteiger partial charge in [-0.2, -0.15) is 5.10 Å². The fourth-order valence-electron chi connectivity index (χ4n) is 2.04. The Kier molecular flexibility index (Phi) is 5.94. The van der Waals surface area contributed by atoms with Crippen LogP contribution in [-0.2, 0) is 11.4 Å². The highest BCUT2D eigenvalue weighted by Crippen LogP contribution is 2.22. The van der Waals surface area contributed by atoms with Crippen LogP contribution in [0.5, 0.6) is 0 Å². The zero-order valence-electron chi connectivity index (χ0n) is 12.9. The third-order valence-electron chi connectivity index (χ3n) is 3.28. The van der Waals surface area contributed by atoms with Crippen LogP contribution in [0.1, 0.15) is 11.1 Å². The molecule has 128 valence electrons. The van der Waals surface area contributed by atoms with Crippen molar-refractivity contribution in [3.05, 3.63) is 81.3 Å². The Morgan fingerprint density at radius 2 is 1.84 bits per heavy atom. The second-order valence-electron chi connectivity index (χ2n) is 5.05. The summed E-state index contributed by atoms with van der Waals surface area (Å²) in [4.78, 5) is 9.51. The van der Waals surface area contributed by atoms with E-state index in [2.05, 4.69) is 15.6 Å². The van der Waals surface area contributed by atoms with Crippen LogP contribution in [0.15, 0.2) is 55.1 Å². The molecule has 3 rings (SSSR count). The molecule has 5 nitrogen and oxygen atoms in total. The standard InChI is InChI=1S/C17H13Cl3N4O/c18-14-4-1-12(2-5-14)17(8-24-11-21-10-22-24)23-25-9-13-3-6-15(19)7-16(13)20/h1-8,10-11,23H,9H2. The van der Waals surface area contributed by atoms with E-state index in [9.17, 15) is 0 Å². The van der Waals surface area contributed by atoms with E-state index in [1.165, 1.54) is 6.33 Å². The highest BCUT2D eigenvalue weighted by Gasteiger charge is 2.06. The largest absolute Gasteiger partial charge is 0.271 e. The van der Waals surface area contributed by atoms with Crippen molar-refractivity contribution < 1.29 is 4.84 Å². The van der Waals surface area contributed by atoms with Gasteiger partial charge in [0, 0.05) is 20.6 Å². The topological polar surface area (TPSA) is 52.0 Å². The summed E-state index contributed by atoms with van der Waals surface area (Å²) in [5, 5.41) is 5.83. The fraction of sp³-hybridized carbons (Fsp3) is 0.0588. The predicted molar refractivity (Wildman–Crippen MR) is 100 cm³/mol. The van der Waals surface area contributed by atoms with Gasteiger partial charge in [-0.1, -0.05) is 53.0 Å². The van der Waals surface area contributed by atoms with E-state index < -0.39 is 0 Å². The van der Waals surface area contributed by atoms with Gasteiger partial charge in [-0.3, -0.25) is 10.3 Å². The molecule has 0 saturated heterocycles. The average molecular weight is 396 g/mol. The lowest BCUT2D eigenvalue weighted by atomic mass is 10.2. The second kappa shape index (κ2) is 8.36. The Bertz CT molecular complexity index is 864.